The number of carboxylic acid groups (broad SMARTS) is 1. The average molecular weight is 254 g/mol. The quantitative estimate of drug-likeness (QED) is 0.680. The van der Waals surface area contributed by atoms with Gasteiger partial charge in [0.2, 0.25) is 5.91 Å². The van der Waals surface area contributed by atoms with Crippen molar-refractivity contribution < 1.29 is 14.7 Å². The second-order valence-corrected chi connectivity index (χ2v) is 4.34. The van der Waals surface area contributed by atoms with Crippen molar-refractivity contribution >= 4 is 29.3 Å². The summed E-state index contributed by atoms with van der Waals surface area (Å²) < 4.78 is 0. The summed E-state index contributed by atoms with van der Waals surface area (Å²) in [4.78, 5) is 22.0. The smallest absolute Gasteiger partial charge is 0.338 e. The van der Waals surface area contributed by atoms with E-state index in [2.05, 4.69) is 5.32 Å². The molecule has 17 heavy (non-hydrogen) atoms. The molecule has 1 aromatic rings. The predicted molar refractivity (Wildman–Crippen MR) is 68.0 cm³/mol. The number of nitrogens with two attached hydrogens (primary N) is 1. The predicted octanol–water partition coefficient (Wildman–Crippen LogP) is 0.946. The van der Waals surface area contributed by atoms with Crippen LogP contribution in [0.15, 0.2) is 18.2 Å². The van der Waals surface area contributed by atoms with E-state index in [-0.39, 0.29) is 17.2 Å². The van der Waals surface area contributed by atoms with Crippen molar-refractivity contribution in [2.45, 2.75) is 5.75 Å². The normalized spacial score (nSPS) is 9.94. The van der Waals surface area contributed by atoms with Gasteiger partial charge in [-0.15, -0.1) is 11.8 Å². The Morgan fingerprint density at radius 3 is 2.76 bits per heavy atom. The van der Waals surface area contributed by atoms with Gasteiger partial charge in [-0.3, -0.25) is 4.79 Å². The molecule has 1 rings (SSSR count). The summed E-state index contributed by atoms with van der Waals surface area (Å²) in [6.07, 6.45) is 0. The molecule has 0 aliphatic heterocycles. The maximum atomic E-state index is 11.0. The number of anilines is 1. The molecule has 0 aliphatic carbocycles. The number of nitrogen functional groups attached to an aromatic ring is 1. The number of carboxylic acids is 1. The van der Waals surface area contributed by atoms with Gasteiger partial charge in [0.1, 0.15) is 0 Å². The van der Waals surface area contributed by atoms with Crippen LogP contribution in [-0.4, -0.2) is 29.8 Å². The Bertz CT molecular complexity index is 435. The Hall–Kier alpha value is -1.69. The fourth-order valence-electron chi connectivity index (χ4n) is 1.33. The summed E-state index contributed by atoms with van der Waals surface area (Å²) in [7, 11) is 1.56. The number of hydrogen-bond acceptors (Lipinski definition) is 4. The third-order valence-corrected chi connectivity index (χ3v) is 3.15. The molecule has 0 aromatic heterocycles. The molecule has 0 heterocycles. The lowest BCUT2D eigenvalue weighted by molar-refractivity contribution is -0.118. The van der Waals surface area contributed by atoms with Gasteiger partial charge in [-0.2, -0.15) is 0 Å². The second kappa shape index (κ2) is 6.15. The standard InChI is InChI=1S/C11H14N2O3S/c1-13-9(14)6-17-5-7-3-2-4-8(12)10(7)11(15)16/h2-4H,5-6,12H2,1H3,(H,13,14)(H,15,16). The number of nitrogens with one attached hydrogen (secondary N) is 1. The molecule has 0 spiro atoms. The molecule has 1 aromatic carbocycles. The molecule has 0 saturated carbocycles. The molecule has 5 nitrogen and oxygen atoms in total. The van der Waals surface area contributed by atoms with Crippen LogP contribution in [-0.2, 0) is 10.5 Å². The van der Waals surface area contributed by atoms with Gasteiger partial charge in [0.15, 0.2) is 0 Å². The molecule has 0 fully saturated rings. The minimum atomic E-state index is -1.04. The topological polar surface area (TPSA) is 92.4 Å². The second-order valence-electron chi connectivity index (χ2n) is 3.35. The Labute approximate surface area is 103 Å². The molecule has 0 bridgehead atoms. The van der Waals surface area contributed by atoms with Crippen LogP contribution in [0.3, 0.4) is 0 Å². The summed E-state index contributed by atoms with van der Waals surface area (Å²) in [5.74, 6) is -0.390. The minimum Gasteiger partial charge on any atom is -0.478 e. The maximum absolute atomic E-state index is 11.0. The van der Waals surface area contributed by atoms with Crippen LogP contribution in [0.2, 0.25) is 0 Å². The number of benzene rings is 1. The van der Waals surface area contributed by atoms with E-state index in [0.717, 1.165) is 0 Å². The van der Waals surface area contributed by atoms with Crippen molar-refractivity contribution in [1.82, 2.24) is 5.32 Å². The van der Waals surface area contributed by atoms with Crippen LogP contribution in [0.5, 0.6) is 0 Å². The SMILES string of the molecule is CNC(=O)CSCc1cccc(N)c1C(=O)O. The van der Waals surface area contributed by atoms with Crippen LogP contribution >= 0.6 is 11.8 Å². The Balaban J connectivity index is 2.74. The molecule has 6 heteroatoms. The highest BCUT2D eigenvalue weighted by Gasteiger charge is 2.13. The molecule has 0 saturated heterocycles. The summed E-state index contributed by atoms with van der Waals surface area (Å²) >= 11 is 1.35. The molecule has 0 aliphatic rings. The zero-order valence-electron chi connectivity index (χ0n) is 9.40. The van der Waals surface area contributed by atoms with E-state index < -0.39 is 5.97 Å². The lowest BCUT2D eigenvalue weighted by Gasteiger charge is -2.08. The van der Waals surface area contributed by atoms with Crippen molar-refractivity contribution in [3.05, 3.63) is 29.3 Å². The molecule has 0 atom stereocenters. The van der Waals surface area contributed by atoms with E-state index in [4.69, 9.17) is 10.8 Å². The molecular formula is C11H14N2O3S. The number of amides is 1. The van der Waals surface area contributed by atoms with Gasteiger partial charge in [0.05, 0.1) is 11.3 Å². The summed E-state index contributed by atoms with van der Waals surface area (Å²) in [6.45, 7) is 0. The number of rotatable bonds is 5. The highest BCUT2D eigenvalue weighted by Crippen LogP contribution is 2.21. The fraction of sp³-hybridized carbons (Fsp3) is 0.273. The molecule has 4 N–H and O–H groups in total. The lowest BCUT2D eigenvalue weighted by Crippen LogP contribution is -2.20. The molecule has 0 unspecified atom stereocenters. The first kappa shape index (κ1) is 13.4. The summed E-state index contributed by atoms with van der Waals surface area (Å²) in [5.41, 5.74) is 6.61. The largest absolute Gasteiger partial charge is 0.478 e. The van der Waals surface area contributed by atoms with Gasteiger partial charge in [-0.1, -0.05) is 12.1 Å². The van der Waals surface area contributed by atoms with Crippen molar-refractivity contribution in [1.29, 1.82) is 0 Å². The Morgan fingerprint density at radius 1 is 1.47 bits per heavy atom. The lowest BCUT2D eigenvalue weighted by atomic mass is 10.1. The number of thioether (sulfide) groups is 1. The molecule has 0 radical (unpaired) electrons. The number of carbonyl (C=O) groups excluding carboxylic acids is 1. The maximum Gasteiger partial charge on any atom is 0.338 e. The first-order valence-corrected chi connectivity index (χ1v) is 6.10. The average Bonchev–Trinajstić information content (AvgIpc) is 2.28. The summed E-state index contributed by atoms with van der Waals surface area (Å²) in [6, 6.07) is 4.96. The number of hydrogen-bond donors (Lipinski definition) is 3. The van der Waals surface area contributed by atoms with Gasteiger partial charge in [-0.25, -0.2) is 4.79 Å². The van der Waals surface area contributed by atoms with Crippen molar-refractivity contribution in [2.75, 3.05) is 18.5 Å². The van der Waals surface area contributed by atoms with Crippen LogP contribution < -0.4 is 11.1 Å². The fourth-order valence-corrected chi connectivity index (χ4v) is 2.22. The third-order valence-electron chi connectivity index (χ3n) is 2.17. The minimum absolute atomic E-state index is 0.0872. The van der Waals surface area contributed by atoms with Crippen LogP contribution in [0.4, 0.5) is 5.69 Å². The summed E-state index contributed by atoms with van der Waals surface area (Å²) in [5, 5.41) is 11.5. The molecular weight excluding hydrogens is 240 g/mol. The van der Waals surface area contributed by atoms with Crippen molar-refractivity contribution in [3.8, 4) is 0 Å². The monoisotopic (exact) mass is 254 g/mol. The van der Waals surface area contributed by atoms with Crippen LogP contribution in [0, 0.1) is 0 Å². The number of aromatic carboxylic acids is 1. The van der Waals surface area contributed by atoms with Gasteiger partial charge in [-0.05, 0) is 11.6 Å². The number of carbonyl (C=O) groups is 2. The van der Waals surface area contributed by atoms with Crippen molar-refractivity contribution in [2.24, 2.45) is 0 Å². The van der Waals surface area contributed by atoms with E-state index >= 15 is 0 Å². The highest BCUT2D eigenvalue weighted by molar-refractivity contribution is 7.99. The van der Waals surface area contributed by atoms with Crippen LogP contribution in [0.25, 0.3) is 0 Å². The molecule has 92 valence electrons. The van der Waals surface area contributed by atoms with E-state index in [1.54, 1.807) is 25.2 Å². The first-order chi connectivity index (χ1) is 8.06. The van der Waals surface area contributed by atoms with Crippen molar-refractivity contribution in [3.63, 3.8) is 0 Å². The Morgan fingerprint density at radius 2 is 2.18 bits per heavy atom. The zero-order chi connectivity index (χ0) is 12.8. The highest BCUT2D eigenvalue weighted by atomic mass is 32.2. The molecule has 1 amide bonds. The first-order valence-electron chi connectivity index (χ1n) is 4.95. The van der Waals surface area contributed by atoms with E-state index in [1.807, 2.05) is 0 Å². The van der Waals surface area contributed by atoms with Gasteiger partial charge in [0, 0.05) is 18.5 Å². The van der Waals surface area contributed by atoms with Gasteiger partial charge < -0.3 is 16.2 Å². The Kier molecular flexibility index (Phi) is 4.84. The van der Waals surface area contributed by atoms with Gasteiger partial charge in [0.25, 0.3) is 0 Å². The van der Waals surface area contributed by atoms with E-state index in [0.29, 0.717) is 17.1 Å². The van der Waals surface area contributed by atoms with E-state index in [9.17, 15) is 9.59 Å². The zero-order valence-corrected chi connectivity index (χ0v) is 10.2. The third kappa shape index (κ3) is 3.67. The van der Waals surface area contributed by atoms with Crippen LogP contribution in [0.1, 0.15) is 15.9 Å². The van der Waals surface area contributed by atoms with E-state index in [1.165, 1.54) is 11.8 Å². The van der Waals surface area contributed by atoms with Gasteiger partial charge >= 0.3 is 5.97 Å².